The van der Waals surface area contributed by atoms with Crippen LogP contribution in [0.1, 0.15) is 11.1 Å². The molecular weight excluding hydrogens is 824 g/mol. The van der Waals surface area contributed by atoms with Crippen LogP contribution in [-0.4, -0.2) is 28.3 Å². The molecule has 0 heterocycles. The van der Waals surface area contributed by atoms with Gasteiger partial charge in [0.15, 0.2) is 11.5 Å². The molecule has 0 aliphatic rings. The summed E-state index contributed by atoms with van der Waals surface area (Å²) in [5.74, 6) is -1.33. The highest BCUT2D eigenvalue weighted by atomic mass is 127. The van der Waals surface area contributed by atoms with E-state index >= 15 is 0 Å². The molecule has 0 unspecified atom stereocenters. The van der Waals surface area contributed by atoms with Crippen molar-refractivity contribution >= 4 is 108 Å². The van der Waals surface area contributed by atoms with Gasteiger partial charge in [0, 0.05) is 0 Å². The number of rotatable bonds is 6. The molecule has 0 saturated carbocycles. The number of carboxylic acid groups (broad SMARTS) is 2. The van der Waals surface area contributed by atoms with Crippen LogP contribution in [0.4, 0.5) is 4.79 Å². The van der Waals surface area contributed by atoms with Gasteiger partial charge in [-0.25, -0.2) is 4.79 Å². The lowest BCUT2D eigenvalue weighted by Gasteiger charge is -2.13. The Kier molecular flexibility index (Phi) is 8.99. The van der Waals surface area contributed by atoms with Crippen LogP contribution in [-0.2, 0) is 22.4 Å². The number of carboxylic acids is 2. The monoisotopic (exact) mass is 834 g/mol. The van der Waals surface area contributed by atoms with E-state index in [0.29, 0.717) is 25.4 Å². The lowest BCUT2D eigenvalue weighted by molar-refractivity contribution is -0.137. The highest BCUT2D eigenvalue weighted by Crippen LogP contribution is 2.32. The molecule has 0 radical (unpaired) electrons. The fourth-order valence-electron chi connectivity index (χ4n) is 2.16. The number of benzene rings is 2. The van der Waals surface area contributed by atoms with Gasteiger partial charge in [-0.15, -0.1) is 0 Å². The Bertz CT molecular complexity index is 837. The lowest BCUT2D eigenvalue weighted by atomic mass is 10.1. The molecular formula is C17H10I4O7. The molecule has 0 atom stereocenters. The highest BCUT2D eigenvalue weighted by Gasteiger charge is 2.19. The van der Waals surface area contributed by atoms with E-state index in [2.05, 4.69) is 0 Å². The molecule has 0 spiro atoms. The van der Waals surface area contributed by atoms with Crippen molar-refractivity contribution in [1.82, 2.24) is 0 Å². The molecule has 2 aromatic rings. The van der Waals surface area contributed by atoms with E-state index in [1.54, 1.807) is 24.3 Å². The van der Waals surface area contributed by atoms with E-state index in [1.807, 2.05) is 90.4 Å². The van der Waals surface area contributed by atoms with E-state index in [9.17, 15) is 14.4 Å². The van der Waals surface area contributed by atoms with Gasteiger partial charge in [-0.1, -0.05) is 0 Å². The van der Waals surface area contributed by atoms with E-state index in [1.165, 1.54) is 0 Å². The fourth-order valence-corrected chi connectivity index (χ4v) is 6.40. The average molecular weight is 834 g/mol. The van der Waals surface area contributed by atoms with Gasteiger partial charge in [0.05, 0.1) is 27.1 Å². The molecule has 28 heavy (non-hydrogen) atoms. The first-order valence-corrected chi connectivity index (χ1v) is 11.7. The molecule has 148 valence electrons. The summed E-state index contributed by atoms with van der Waals surface area (Å²) in [6, 6.07) is 6.53. The molecule has 0 aliphatic heterocycles. The maximum atomic E-state index is 12.3. The van der Waals surface area contributed by atoms with Crippen molar-refractivity contribution in [2.45, 2.75) is 12.8 Å². The zero-order chi connectivity index (χ0) is 21.0. The summed E-state index contributed by atoms with van der Waals surface area (Å²) in [7, 11) is 0. The summed E-state index contributed by atoms with van der Waals surface area (Å²) in [5, 5.41) is 17.8. The van der Waals surface area contributed by atoms with Crippen LogP contribution in [0, 0.1) is 14.3 Å². The van der Waals surface area contributed by atoms with E-state index in [4.69, 9.17) is 19.7 Å². The Morgan fingerprint density at radius 3 is 1.21 bits per heavy atom. The number of ether oxygens (including phenoxy) is 2. The maximum Gasteiger partial charge on any atom is 0.519 e. The minimum absolute atomic E-state index is 0.129. The van der Waals surface area contributed by atoms with Crippen LogP contribution >= 0.6 is 90.4 Å². The van der Waals surface area contributed by atoms with E-state index in [0.717, 1.165) is 0 Å². The van der Waals surface area contributed by atoms with Crippen molar-refractivity contribution < 1.29 is 34.1 Å². The van der Waals surface area contributed by atoms with Crippen LogP contribution in [0.5, 0.6) is 11.5 Å². The van der Waals surface area contributed by atoms with Crippen molar-refractivity contribution in [3.05, 3.63) is 49.7 Å². The van der Waals surface area contributed by atoms with Crippen LogP contribution in [0.15, 0.2) is 24.3 Å². The number of carbonyl (C=O) groups excluding carboxylic acids is 1. The third-order valence-corrected chi connectivity index (χ3v) is 6.40. The van der Waals surface area contributed by atoms with Crippen molar-refractivity contribution in [3.8, 4) is 11.5 Å². The molecule has 2 aromatic carbocycles. The molecule has 2 N–H and O–H groups in total. The molecule has 0 aromatic heterocycles. The van der Waals surface area contributed by atoms with Crippen molar-refractivity contribution in [1.29, 1.82) is 0 Å². The lowest BCUT2D eigenvalue weighted by Crippen LogP contribution is -2.17. The minimum atomic E-state index is -0.949. The fraction of sp³-hybridized carbons (Fsp3) is 0.118. The Morgan fingerprint density at radius 1 is 0.679 bits per heavy atom. The van der Waals surface area contributed by atoms with Crippen LogP contribution < -0.4 is 9.47 Å². The van der Waals surface area contributed by atoms with Gasteiger partial charge in [-0.3, -0.25) is 9.59 Å². The van der Waals surface area contributed by atoms with Gasteiger partial charge in [0.2, 0.25) is 0 Å². The SMILES string of the molecule is O=C(O)Cc1cc(I)c(OC(=O)Oc2c(I)cc(CC(=O)O)cc2I)c(I)c1. The Labute approximate surface area is 214 Å². The summed E-state index contributed by atoms with van der Waals surface area (Å²) in [5.41, 5.74) is 1.19. The molecule has 0 amide bonds. The standard InChI is InChI=1S/C17H10I4O7/c18-9-1-7(5-13(22)23)2-10(19)15(9)27-17(26)28-16-11(20)3-8(4-12(16)21)6-14(24)25/h1-4H,5-6H2,(H,22,23)(H,24,25). The predicted molar refractivity (Wildman–Crippen MR) is 133 cm³/mol. The zero-order valence-electron chi connectivity index (χ0n) is 13.7. The number of aliphatic carboxylic acids is 2. The Balaban J connectivity index is 2.19. The highest BCUT2D eigenvalue weighted by molar-refractivity contribution is 14.1. The van der Waals surface area contributed by atoms with E-state index in [-0.39, 0.29) is 24.3 Å². The number of hydrogen-bond acceptors (Lipinski definition) is 5. The smallest absolute Gasteiger partial charge is 0.481 e. The molecule has 0 saturated heterocycles. The summed E-state index contributed by atoms with van der Waals surface area (Å²) in [6.45, 7) is 0. The summed E-state index contributed by atoms with van der Waals surface area (Å²) in [6.07, 6.45) is -1.20. The first kappa shape index (κ1) is 23.8. The third kappa shape index (κ3) is 6.82. The van der Waals surface area contributed by atoms with Gasteiger partial charge in [0.25, 0.3) is 0 Å². The molecule has 7 nitrogen and oxygen atoms in total. The molecule has 11 heteroatoms. The van der Waals surface area contributed by atoms with Crippen molar-refractivity contribution in [2.24, 2.45) is 0 Å². The predicted octanol–water partition coefficient (Wildman–Crippen LogP) is 4.94. The van der Waals surface area contributed by atoms with Crippen LogP contribution in [0.25, 0.3) is 0 Å². The summed E-state index contributed by atoms with van der Waals surface area (Å²) in [4.78, 5) is 34.0. The van der Waals surface area contributed by atoms with Crippen LogP contribution in [0.2, 0.25) is 0 Å². The maximum absolute atomic E-state index is 12.3. The van der Waals surface area contributed by atoms with Gasteiger partial charge < -0.3 is 19.7 Å². The van der Waals surface area contributed by atoms with Crippen LogP contribution in [0.3, 0.4) is 0 Å². The first-order valence-electron chi connectivity index (χ1n) is 7.36. The average Bonchev–Trinajstić information content (AvgIpc) is 2.53. The topological polar surface area (TPSA) is 110 Å². The number of carbonyl (C=O) groups is 3. The van der Waals surface area contributed by atoms with Gasteiger partial charge >= 0.3 is 18.1 Å². The molecule has 0 aliphatic carbocycles. The quantitative estimate of drug-likeness (QED) is 0.242. The Hall–Kier alpha value is -0.430. The molecule has 2 rings (SSSR count). The first-order chi connectivity index (χ1) is 13.1. The normalized spacial score (nSPS) is 10.4. The number of halogens is 4. The number of hydrogen-bond donors (Lipinski definition) is 2. The zero-order valence-corrected chi connectivity index (χ0v) is 22.3. The minimum Gasteiger partial charge on any atom is -0.481 e. The van der Waals surface area contributed by atoms with Gasteiger partial charge in [-0.05, 0) is 126 Å². The second-order valence-electron chi connectivity index (χ2n) is 5.37. The summed E-state index contributed by atoms with van der Waals surface area (Å²) < 4.78 is 13.0. The van der Waals surface area contributed by atoms with Gasteiger partial charge in [-0.2, -0.15) is 0 Å². The third-order valence-electron chi connectivity index (χ3n) is 3.20. The Morgan fingerprint density at radius 2 is 0.964 bits per heavy atom. The summed E-state index contributed by atoms with van der Waals surface area (Å²) >= 11 is 7.85. The largest absolute Gasteiger partial charge is 0.519 e. The second kappa shape index (κ2) is 10.6. The second-order valence-corrected chi connectivity index (χ2v) is 10.0. The van der Waals surface area contributed by atoms with Crippen molar-refractivity contribution in [3.63, 3.8) is 0 Å². The van der Waals surface area contributed by atoms with E-state index < -0.39 is 18.1 Å². The molecule has 0 fully saturated rings. The van der Waals surface area contributed by atoms with Crippen molar-refractivity contribution in [2.75, 3.05) is 0 Å². The molecule has 0 bridgehead atoms. The van der Waals surface area contributed by atoms with Gasteiger partial charge in [0.1, 0.15) is 0 Å².